The minimum absolute atomic E-state index is 0.220. The highest BCUT2D eigenvalue weighted by Crippen LogP contribution is 2.04. The van der Waals surface area contributed by atoms with Crippen molar-refractivity contribution in [3.05, 3.63) is 30.1 Å². The average molecular weight is 293 g/mol. The summed E-state index contributed by atoms with van der Waals surface area (Å²) in [7, 11) is 1.68. The maximum Gasteiger partial charge on any atom is 0.323 e. The Balaban J connectivity index is 2.58. The molecule has 1 aromatic heterocycles. The minimum Gasteiger partial charge on any atom is -0.480 e. The Kier molecular flexibility index (Phi) is 6.65. The summed E-state index contributed by atoms with van der Waals surface area (Å²) in [5.74, 6) is -0.778. The van der Waals surface area contributed by atoms with Gasteiger partial charge in [-0.2, -0.15) is 0 Å². The molecule has 21 heavy (non-hydrogen) atoms. The van der Waals surface area contributed by atoms with Crippen molar-refractivity contribution in [2.24, 2.45) is 5.92 Å². The number of urea groups is 1. The Hall–Kier alpha value is -2.11. The van der Waals surface area contributed by atoms with Crippen LogP contribution in [0.3, 0.4) is 0 Å². The number of carbonyl (C=O) groups is 2. The van der Waals surface area contributed by atoms with E-state index in [0.29, 0.717) is 19.5 Å². The zero-order chi connectivity index (χ0) is 15.8. The molecule has 0 saturated heterocycles. The standard InChI is InChI=1S/C15H23N3O3/c1-12(2)10-18(11-14(19)20)15(21)17(3)9-7-13-6-4-5-8-16-13/h4-6,8,12H,7,9-11H2,1-3H3,(H,19,20). The number of nitrogens with zero attached hydrogens (tertiary/aromatic N) is 3. The van der Waals surface area contributed by atoms with E-state index in [-0.39, 0.29) is 18.5 Å². The molecule has 0 aromatic carbocycles. The van der Waals surface area contributed by atoms with E-state index in [1.165, 1.54) is 4.90 Å². The van der Waals surface area contributed by atoms with Crippen LogP contribution in [0.25, 0.3) is 0 Å². The molecule has 1 rings (SSSR count). The average Bonchev–Trinajstić information content (AvgIpc) is 2.43. The number of carboxylic acids is 1. The van der Waals surface area contributed by atoms with Gasteiger partial charge in [0, 0.05) is 38.4 Å². The van der Waals surface area contributed by atoms with Gasteiger partial charge in [-0.1, -0.05) is 19.9 Å². The maximum absolute atomic E-state index is 12.3. The first-order valence-corrected chi connectivity index (χ1v) is 7.02. The molecular formula is C15H23N3O3. The zero-order valence-corrected chi connectivity index (χ0v) is 12.8. The topological polar surface area (TPSA) is 73.7 Å². The molecule has 0 saturated carbocycles. The Morgan fingerprint density at radius 1 is 1.33 bits per heavy atom. The van der Waals surface area contributed by atoms with Gasteiger partial charge in [-0.15, -0.1) is 0 Å². The summed E-state index contributed by atoms with van der Waals surface area (Å²) in [6.45, 7) is 4.57. The molecule has 2 amide bonds. The SMILES string of the molecule is CC(C)CN(CC(=O)O)C(=O)N(C)CCc1ccccn1. The molecule has 0 aliphatic carbocycles. The van der Waals surface area contributed by atoms with Gasteiger partial charge in [-0.25, -0.2) is 4.79 Å². The number of aliphatic carboxylic acids is 1. The van der Waals surface area contributed by atoms with E-state index < -0.39 is 5.97 Å². The van der Waals surface area contributed by atoms with Crippen LogP contribution in [0.2, 0.25) is 0 Å². The number of hydrogen-bond donors (Lipinski definition) is 1. The normalized spacial score (nSPS) is 10.5. The molecule has 6 heteroatoms. The van der Waals surface area contributed by atoms with Crippen LogP contribution in [-0.2, 0) is 11.2 Å². The van der Waals surface area contributed by atoms with Crippen LogP contribution < -0.4 is 0 Å². The van der Waals surface area contributed by atoms with Crippen LogP contribution in [0.4, 0.5) is 4.79 Å². The zero-order valence-electron chi connectivity index (χ0n) is 12.8. The first-order chi connectivity index (χ1) is 9.90. The summed E-state index contributed by atoms with van der Waals surface area (Å²) in [5, 5.41) is 8.91. The van der Waals surface area contributed by atoms with Crippen LogP contribution in [-0.4, -0.2) is 58.6 Å². The monoisotopic (exact) mass is 293 g/mol. The third-order valence-corrected chi connectivity index (χ3v) is 2.94. The second kappa shape index (κ2) is 8.24. The fourth-order valence-electron chi connectivity index (χ4n) is 1.98. The minimum atomic E-state index is -0.998. The molecule has 1 N–H and O–H groups in total. The van der Waals surface area contributed by atoms with E-state index in [1.54, 1.807) is 18.1 Å². The van der Waals surface area contributed by atoms with Crippen molar-refractivity contribution < 1.29 is 14.7 Å². The van der Waals surface area contributed by atoms with Crippen molar-refractivity contribution in [3.8, 4) is 0 Å². The van der Waals surface area contributed by atoms with Crippen molar-refractivity contribution >= 4 is 12.0 Å². The fraction of sp³-hybridized carbons (Fsp3) is 0.533. The molecule has 0 aliphatic rings. The molecule has 0 fully saturated rings. The van der Waals surface area contributed by atoms with Gasteiger partial charge in [0.15, 0.2) is 0 Å². The second-order valence-corrected chi connectivity index (χ2v) is 5.44. The lowest BCUT2D eigenvalue weighted by molar-refractivity contribution is -0.137. The molecule has 116 valence electrons. The molecule has 0 radical (unpaired) electrons. The second-order valence-electron chi connectivity index (χ2n) is 5.44. The van der Waals surface area contributed by atoms with Crippen molar-refractivity contribution in [1.29, 1.82) is 0 Å². The van der Waals surface area contributed by atoms with Gasteiger partial charge < -0.3 is 14.9 Å². The van der Waals surface area contributed by atoms with Crippen molar-refractivity contribution in [2.45, 2.75) is 20.3 Å². The van der Waals surface area contributed by atoms with Crippen LogP contribution in [0.1, 0.15) is 19.5 Å². The van der Waals surface area contributed by atoms with E-state index in [4.69, 9.17) is 5.11 Å². The van der Waals surface area contributed by atoms with Crippen molar-refractivity contribution in [2.75, 3.05) is 26.7 Å². The van der Waals surface area contributed by atoms with E-state index >= 15 is 0 Å². The van der Waals surface area contributed by atoms with Crippen molar-refractivity contribution in [3.63, 3.8) is 0 Å². The van der Waals surface area contributed by atoms with Crippen LogP contribution in [0.15, 0.2) is 24.4 Å². The molecule has 6 nitrogen and oxygen atoms in total. The predicted molar refractivity (Wildman–Crippen MR) is 80.0 cm³/mol. The number of amides is 2. The molecule has 0 spiro atoms. The summed E-state index contributed by atoms with van der Waals surface area (Å²) in [5.41, 5.74) is 0.908. The number of hydrogen-bond acceptors (Lipinski definition) is 3. The summed E-state index contributed by atoms with van der Waals surface area (Å²) in [6, 6.07) is 5.39. The van der Waals surface area contributed by atoms with Crippen molar-refractivity contribution in [1.82, 2.24) is 14.8 Å². The van der Waals surface area contributed by atoms with Gasteiger partial charge in [-0.3, -0.25) is 9.78 Å². The summed E-state index contributed by atoms with van der Waals surface area (Å²) in [6.07, 6.45) is 2.36. The molecule has 0 unspecified atom stereocenters. The molecule has 0 atom stereocenters. The number of aromatic nitrogens is 1. The van der Waals surface area contributed by atoms with Gasteiger partial charge in [0.1, 0.15) is 6.54 Å². The molecule has 0 bridgehead atoms. The predicted octanol–water partition coefficient (Wildman–Crippen LogP) is 1.72. The quantitative estimate of drug-likeness (QED) is 0.830. The van der Waals surface area contributed by atoms with E-state index in [0.717, 1.165) is 5.69 Å². The highest BCUT2D eigenvalue weighted by molar-refractivity contribution is 5.80. The third kappa shape index (κ3) is 6.25. The number of pyridine rings is 1. The molecule has 1 aromatic rings. The Morgan fingerprint density at radius 2 is 2.05 bits per heavy atom. The van der Waals surface area contributed by atoms with E-state index in [2.05, 4.69) is 4.98 Å². The highest BCUT2D eigenvalue weighted by Gasteiger charge is 2.21. The first-order valence-electron chi connectivity index (χ1n) is 7.02. The largest absolute Gasteiger partial charge is 0.480 e. The third-order valence-electron chi connectivity index (χ3n) is 2.94. The smallest absolute Gasteiger partial charge is 0.323 e. The number of carboxylic acid groups (broad SMARTS) is 1. The fourth-order valence-corrected chi connectivity index (χ4v) is 1.98. The highest BCUT2D eigenvalue weighted by atomic mass is 16.4. The lowest BCUT2D eigenvalue weighted by Crippen LogP contribution is -2.45. The van der Waals surface area contributed by atoms with Crippen LogP contribution >= 0.6 is 0 Å². The summed E-state index contributed by atoms with van der Waals surface area (Å²) >= 11 is 0. The number of rotatable bonds is 7. The van der Waals surface area contributed by atoms with E-state index in [1.807, 2.05) is 32.0 Å². The Morgan fingerprint density at radius 3 is 2.57 bits per heavy atom. The molecule has 1 heterocycles. The Bertz CT molecular complexity index is 462. The van der Waals surface area contributed by atoms with Crippen LogP contribution in [0, 0.1) is 5.92 Å². The first kappa shape index (κ1) is 16.9. The lowest BCUT2D eigenvalue weighted by Gasteiger charge is -2.28. The van der Waals surface area contributed by atoms with Gasteiger partial charge in [0.2, 0.25) is 0 Å². The van der Waals surface area contributed by atoms with Gasteiger partial charge >= 0.3 is 12.0 Å². The molecule has 0 aliphatic heterocycles. The van der Waals surface area contributed by atoms with Gasteiger partial charge in [0.05, 0.1) is 0 Å². The molecular weight excluding hydrogens is 270 g/mol. The number of carbonyl (C=O) groups excluding carboxylic acids is 1. The maximum atomic E-state index is 12.3. The van der Waals surface area contributed by atoms with Gasteiger partial charge in [-0.05, 0) is 18.1 Å². The lowest BCUT2D eigenvalue weighted by atomic mass is 10.2. The number of likely N-dealkylation sites (N-methyl/N-ethyl adjacent to an activating group) is 1. The van der Waals surface area contributed by atoms with Crippen LogP contribution in [0.5, 0.6) is 0 Å². The van der Waals surface area contributed by atoms with Gasteiger partial charge in [0.25, 0.3) is 0 Å². The van der Waals surface area contributed by atoms with E-state index in [9.17, 15) is 9.59 Å². The summed E-state index contributed by atoms with van der Waals surface area (Å²) in [4.78, 5) is 30.3. The summed E-state index contributed by atoms with van der Waals surface area (Å²) < 4.78 is 0. The Labute approximate surface area is 125 Å².